The summed E-state index contributed by atoms with van der Waals surface area (Å²) >= 11 is 0. The van der Waals surface area contributed by atoms with Gasteiger partial charge < -0.3 is 37.4 Å². The van der Waals surface area contributed by atoms with Crippen LogP contribution in [0.3, 0.4) is 0 Å². The molecule has 8 N–H and O–H groups in total. The summed E-state index contributed by atoms with van der Waals surface area (Å²) in [5, 5.41) is 21.0. The third-order valence-electron chi connectivity index (χ3n) is 12.8. The van der Waals surface area contributed by atoms with E-state index in [9.17, 15) is 14.3 Å². The van der Waals surface area contributed by atoms with Gasteiger partial charge in [0.15, 0.2) is 0 Å². The van der Waals surface area contributed by atoms with E-state index in [0.717, 1.165) is 77.3 Å². The second-order valence-corrected chi connectivity index (χ2v) is 15.7. The highest BCUT2D eigenvalue weighted by Crippen LogP contribution is 2.47. The average molecular weight is 653 g/mol. The van der Waals surface area contributed by atoms with E-state index in [1.807, 2.05) is 0 Å². The molecule has 6 fully saturated rings. The quantitative estimate of drug-likeness (QED) is 0.215. The molecule has 12 heteroatoms. The molecule has 46 heavy (non-hydrogen) atoms. The number of alkyl halides is 2. The van der Waals surface area contributed by atoms with Crippen molar-refractivity contribution in [2.45, 2.75) is 132 Å². The zero-order valence-electron chi connectivity index (χ0n) is 27.9. The van der Waals surface area contributed by atoms with Gasteiger partial charge >= 0.3 is 0 Å². The molecule has 1 spiro atoms. The highest BCUT2D eigenvalue weighted by atomic mass is 19.1. The highest BCUT2D eigenvalue weighted by molar-refractivity contribution is 5.80. The molecule has 0 aromatic carbocycles. The minimum Gasteiger partial charge on any atom is -0.378 e. The molecule has 7 unspecified atom stereocenters. The van der Waals surface area contributed by atoms with Gasteiger partial charge in [-0.2, -0.15) is 0 Å². The average Bonchev–Trinajstić information content (AvgIpc) is 3.76. The molecule has 1 saturated carbocycles. The van der Waals surface area contributed by atoms with Gasteiger partial charge in [0.25, 0.3) is 0 Å². The van der Waals surface area contributed by atoms with Crippen molar-refractivity contribution >= 4 is 5.91 Å². The van der Waals surface area contributed by atoms with Gasteiger partial charge in [0, 0.05) is 50.7 Å². The van der Waals surface area contributed by atoms with E-state index in [1.165, 1.54) is 25.9 Å². The summed E-state index contributed by atoms with van der Waals surface area (Å²) in [4.78, 5) is 21.1. The first-order chi connectivity index (χ1) is 22.2. The van der Waals surface area contributed by atoms with Crippen LogP contribution in [0.5, 0.6) is 0 Å². The predicted octanol–water partition coefficient (Wildman–Crippen LogP) is 1.27. The summed E-state index contributed by atoms with van der Waals surface area (Å²) in [7, 11) is 0. The SMILES string of the molecule is NC(N)C(C(=O)NC1CNCC(F)C1N1CCC(C(O)N2CCC(N3CCCC3)CC2)CC1)C1CC2(CCCC2)CCC(F)CN1. The zero-order valence-corrected chi connectivity index (χ0v) is 27.9. The number of halogens is 2. The van der Waals surface area contributed by atoms with Crippen LogP contribution in [0.2, 0.25) is 0 Å². The van der Waals surface area contributed by atoms with Crippen molar-refractivity contribution in [2.75, 3.05) is 58.9 Å². The van der Waals surface area contributed by atoms with E-state index in [0.29, 0.717) is 32.1 Å². The summed E-state index contributed by atoms with van der Waals surface area (Å²) in [6, 6.07) is -0.574. The lowest BCUT2D eigenvalue weighted by Gasteiger charge is -2.47. The maximum absolute atomic E-state index is 15.7. The molecular weight excluding hydrogens is 590 g/mol. The molecule has 0 aromatic rings. The molecule has 0 aromatic heterocycles. The number of carbonyl (C=O) groups excluding carboxylic acids is 1. The van der Waals surface area contributed by atoms with Crippen LogP contribution in [0.15, 0.2) is 0 Å². The van der Waals surface area contributed by atoms with E-state index >= 15 is 4.39 Å². The minimum absolute atomic E-state index is 0.0213. The van der Waals surface area contributed by atoms with Gasteiger partial charge in [0.1, 0.15) is 18.6 Å². The number of nitrogens with two attached hydrogens (primary N) is 2. The maximum atomic E-state index is 15.7. The van der Waals surface area contributed by atoms with Crippen molar-refractivity contribution in [3.63, 3.8) is 0 Å². The third kappa shape index (κ3) is 8.07. The van der Waals surface area contributed by atoms with Gasteiger partial charge in [-0.1, -0.05) is 12.8 Å². The van der Waals surface area contributed by atoms with Gasteiger partial charge in [-0.15, -0.1) is 0 Å². The Bertz CT molecular complexity index is 967. The number of amides is 1. The fourth-order valence-corrected chi connectivity index (χ4v) is 10.1. The Morgan fingerprint density at radius 3 is 2.22 bits per heavy atom. The van der Waals surface area contributed by atoms with Crippen LogP contribution in [-0.2, 0) is 4.79 Å². The number of hydrogen-bond acceptors (Lipinski definition) is 9. The van der Waals surface area contributed by atoms with Crippen LogP contribution in [0.1, 0.15) is 83.5 Å². The van der Waals surface area contributed by atoms with Crippen molar-refractivity contribution in [1.82, 2.24) is 30.7 Å². The molecule has 5 aliphatic heterocycles. The van der Waals surface area contributed by atoms with Gasteiger partial charge in [0.05, 0.1) is 24.2 Å². The number of carbonyl (C=O) groups is 1. The van der Waals surface area contributed by atoms with Gasteiger partial charge in [-0.25, -0.2) is 8.78 Å². The molecule has 0 radical (unpaired) electrons. The summed E-state index contributed by atoms with van der Waals surface area (Å²) < 4.78 is 30.4. The Morgan fingerprint density at radius 1 is 0.848 bits per heavy atom. The summed E-state index contributed by atoms with van der Waals surface area (Å²) in [6.07, 6.45) is 9.50. The van der Waals surface area contributed by atoms with Crippen molar-refractivity contribution in [3.05, 3.63) is 0 Å². The number of aliphatic hydroxyl groups is 1. The Morgan fingerprint density at radius 2 is 1.54 bits per heavy atom. The first-order valence-corrected chi connectivity index (χ1v) is 18.7. The summed E-state index contributed by atoms with van der Waals surface area (Å²) in [5.74, 6) is -0.844. The van der Waals surface area contributed by atoms with E-state index in [1.54, 1.807) is 0 Å². The number of nitrogens with one attached hydrogen (secondary N) is 3. The molecule has 1 amide bonds. The summed E-state index contributed by atoms with van der Waals surface area (Å²) in [5.41, 5.74) is 12.6. The first-order valence-electron chi connectivity index (χ1n) is 18.7. The lowest BCUT2D eigenvalue weighted by atomic mass is 9.72. The molecule has 5 saturated heterocycles. The smallest absolute Gasteiger partial charge is 0.227 e. The van der Waals surface area contributed by atoms with E-state index in [2.05, 4.69) is 30.7 Å². The van der Waals surface area contributed by atoms with Crippen LogP contribution < -0.4 is 27.4 Å². The Balaban J connectivity index is 1.05. The van der Waals surface area contributed by atoms with Crippen LogP contribution in [0.25, 0.3) is 0 Å². The number of nitrogens with zero attached hydrogens (tertiary/aromatic N) is 3. The summed E-state index contributed by atoms with van der Waals surface area (Å²) in [6.45, 7) is 6.59. The van der Waals surface area contributed by atoms with E-state index in [-0.39, 0.29) is 36.4 Å². The van der Waals surface area contributed by atoms with E-state index in [4.69, 9.17) is 11.5 Å². The second-order valence-electron chi connectivity index (χ2n) is 15.7. The predicted molar refractivity (Wildman–Crippen MR) is 176 cm³/mol. The molecular formula is C34H62F2N8O2. The molecule has 6 aliphatic rings. The standard InChI is InChI=1S/C34H62F2N8O2/c35-24-5-12-34(10-1-2-11-34)19-27(40-20-24)29(31(37)38)32(45)41-28-22-39-21-26(36)30(28)43-15-6-23(7-16-43)33(46)44-17-8-25(9-18-44)42-13-3-4-14-42/h23-31,33,39-40,46H,1-22,37-38H2,(H,41,45). The second kappa shape index (κ2) is 15.7. The molecule has 1 aliphatic carbocycles. The Kier molecular flexibility index (Phi) is 11.9. The maximum Gasteiger partial charge on any atom is 0.227 e. The van der Waals surface area contributed by atoms with Gasteiger partial charge in [-0.3, -0.25) is 14.6 Å². The monoisotopic (exact) mass is 652 g/mol. The number of likely N-dealkylation sites (tertiary alicyclic amines) is 3. The minimum atomic E-state index is -1.14. The van der Waals surface area contributed by atoms with Crippen molar-refractivity contribution in [1.29, 1.82) is 0 Å². The number of aliphatic hydroxyl groups excluding tert-OH is 1. The zero-order chi connectivity index (χ0) is 32.3. The van der Waals surface area contributed by atoms with Crippen LogP contribution in [0, 0.1) is 17.3 Å². The number of hydrogen-bond donors (Lipinski definition) is 6. The normalized spacial score (nSPS) is 36.1. The molecule has 10 nitrogen and oxygen atoms in total. The molecule has 0 bridgehead atoms. The first kappa shape index (κ1) is 34.9. The Hall–Kier alpha value is -0.990. The van der Waals surface area contributed by atoms with Crippen LogP contribution >= 0.6 is 0 Å². The van der Waals surface area contributed by atoms with E-state index < -0.39 is 42.7 Å². The lowest BCUT2D eigenvalue weighted by molar-refractivity contribution is -0.129. The third-order valence-corrected chi connectivity index (χ3v) is 12.8. The Labute approximate surface area is 275 Å². The van der Waals surface area contributed by atoms with Crippen LogP contribution in [0.4, 0.5) is 8.78 Å². The largest absolute Gasteiger partial charge is 0.378 e. The van der Waals surface area contributed by atoms with Gasteiger partial charge in [-0.05, 0) is 102 Å². The lowest BCUT2D eigenvalue weighted by Crippen LogP contribution is -2.68. The fourth-order valence-electron chi connectivity index (χ4n) is 10.1. The van der Waals surface area contributed by atoms with Crippen molar-refractivity contribution in [3.8, 4) is 0 Å². The highest BCUT2D eigenvalue weighted by Gasteiger charge is 2.46. The topological polar surface area (TPSA) is 135 Å². The molecule has 264 valence electrons. The van der Waals surface area contributed by atoms with Crippen molar-refractivity contribution < 1.29 is 18.7 Å². The fraction of sp³-hybridized carbons (Fsp3) is 0.971. The van der Waals surface area contributed by atoms with Gasteiger partial charge in [0.2, 0.25) is 5.91 Å². The molecule has 7 atom stereocenters. The molecule has 6 rings (SSSR count). The number of rotatable bonds is 8. The van der Waals surface area contributed by atoms with Crippen LogP contribution in [-0.4, -0.2) is 134 Å². The van der Waals surface area contributed by atoms with Crippen molar-refractivity contribution in [2.24, 2.45) is 28.7 Å². The molecule has 5 heterocycles. The number of piperidine rings is 3.